The summed E-state index contributed by atoms with van der Waals surface area (Å²) in [6.45, 7) is 3.56. The fraction of sp³-hybridized carbons (Fsp3) is 0.150. The molecule has 0 radical (unpaired) electrons. The van der Waals surface area contributed by atoms with Gasteiger partial charge in [0.25, 0.3) is 0 Å². The molecule has 0 bridgehead atoms. The Morgan fingerprint density at radius 1 is 0.955 bits per heavy atom. The fourth-order valence-electron chi connectivity index (χ4n) is 2.78. The van der Waals surface area contributed by atoms with Gasteiger partial charge in [0.15, 0.2) is 0 Å². The molecule has 0 aliphatic carbocycles. The van der Waals surface area contributed by atoms with Gasteiger partial charge in [0.2, 0.25) is 0 Å². The Morgan fingerprint density at radius 3 is 2.18 bits per heavy atom. The van der Waals surface area contributed by atoms with Gasteiger partial charge in [-0.05, 0) is 57.7 Å². The van der Waals surface area contributed by atoms with Crippen molar-refractivity contribution in [1.29, 1.82) is 0 Å². The topological polar surface area (TPSA) is 40.1 Å². The van der Waals surface area contributed by atoms with Gasteiger partial charge in [0.1, 0.15) is 0 Å². The Morgan fingerprint density at radius 2 is 1.55 bits per heavy atom. The van der Waals surface area contributed by atoms with Gasteiger partial charge in [-0.25, -0.2) is 0 Å². The molecule has 0 aromatic heterocycles. The molecule has 3 aromatic carbocycles. The van der Waals surface area contributed by atoms with Gasteiger partial charge in [-0.1, -0.05) is 55.5 Å². The van der Waals surface area contributed by atoms with Crippen LogP contribution in [-0.2, 0) is 4.79 Å². The van der Waals surface area contributed by atoms with Crippen LogP contribution in [0.4, 0.5) is 0 Å². The second kappa shape index (κ2) is 5.64. The maximum absolute atomic E-state index is 10.8. The first-order valence-corrected chi connectivity index (χ1v) is 7.37. The molecular formula is C20H17O2-. The Kier molecular flexibility index (Phi) is 3.68. The van der Waals surface area contributed by atoms with Crippen molar-refractivity contribution in [1.82, 2.24) is 0 Å². The number of hydrogen-bond acceptors (Lipinski definition) is 2. The zero-order chi connectivity index (χ0) is 15.7. The number of aliphatic carboxylic acids is 1. The first-order valence-electron chi connectivity index (χ1n) is 7.37. The Labute approximate surface area is 129 Å². The van der Waals surface area contributed by atoms with Gasteiger partial charge < -0.3 is 9.90 Å². The van der Waals surface area contributed by atoms with Crippen molar-refractivity contribution < 1.29 is 9.90 Å². The first kappa shape index (κ1) is 14.3. The minimum atomic E-state index is -1.11. The second-order valence-corrected chi connectivity index (χ2v) is 5.73. The average molecular weight is 289 g/mol. The number of hydrogen-bond donors (Lipinski definition) is 0. The summed E-state index contributed by atoms with van der Waals surface area (Å²) in [6.07, 6.45) is 1.73. The lowest BCUT2D eigenvalue weighted by Gasteiger charge is -2.11. The van der Waals surface area contributed by atoms with Crippen molar-refractivity contribution in [3.63, 3.8) is 0 Å². The molecule has 110 valence electrons. The Bertz CT molecular complexity index is 890. The van der Waals surface area contributed by atoms with E-state index in [1.54, 1.807) is 13.0 Å². The van der Waals surface area contributed by atoms with Crippen LogP contribution in [0.15, 0.2) is 66.2 Å². The van der Waals surface area contributed by atoms with Crippen LogP contribution in [0.1, 0.15) is 25.3 Å². The number of rotatable bonds is 3. The van der Waals surface area contributed by atoms with Crippen molar-refractivity contribution >= 4 is 27.5 Å². The van der Waals surface area contributed by atoms with Gasteiger partial charge in [0.05, 0.1) is 5.97 Å². The quantitative estimate of drug-likeness (QED) is 0.543. The average Bonchev–Trinajstić information content (AvgIpc) is 2.52. The van der Waals surface area contributed by atoms with Crippen LogP contribution in [0, 0.1) is 0 Å². The molecule has 0 saturated carbocycles. The normalized spacial score (nSPS) is 13.5. The predicted octanol–water partition coefficient (Wildman–Crippen LogP) is 3.79. The number of benzene rings is 3. The minimum Gasteiger partial charge on any atom is -0.545 e. The van der Waals surface area contributed by atoms with Crippen LogP contribution >= 0.6 is 0 Å². The van der Waals surface area contributed by atoms with E-state index < -0.39 is 5.97 Å². The summed E-state index contributed by atoms with van der Waals surface area (Å²) in [5, 5.41) is 15.6. The molecule has 0 heterocycles. The van der Waals surface area contributed by atoms with E-state index in [1.165, 1.54) is 21.5 Å². The van der Waals surface area contributed by atoms with Crippen LogP contribution < -0.4 is 5.11 Å². The zero-order valence-electron chi connectivity index (χ0n) is 12.7. The minimum absolute atomic E-state index is 0.0359. The maximum atomic E-state index is 10.8. The summed E-state index contributed by atoms with van der Waals surface area (Å²) in [5.74, 6) is -1.08. The predicted molar refractivity (Wildman–Crippen MR) is 88.6 cm³/mol. The highest BCUT2D eigenvalue weighted by Gasteiger charge is 2.05. The highest BCUT2D eigenvalue weighted by atomic mass is 16.4. The van der Waals surface area contributed by atoms with Crippen LogP contribution in [0.5, 0.6) is 0 Å². The highest BCUT2D eigenvalue weighted by molar-refractivity contribution is 5.98. The molecule has 2 heteroatoms. The molecule has 1 unspecified atom stereocenters. The smallest absolute Gasteiger partial charge is 0.0669 e. The van der Waals surface area contributed by atoms with Crippen LogP contribution in [0.3, 0.4) is 0 Å². The van der Waals surface area contributed by atoms with E-state index in [1.807, 2.05) is 19.1 Å². The van der Waals surface area contributed by atoms with Gasteiger partial charge in [-0.3, -0.25) is 0 Å². The van der Waals surface area contributed by atoms with Gasteiger partial charge >= 0.3 is 0 Å². The molecule has 0 amide bonds. The van der Waals surface area contributed by atoms with E-state index in [9.17, 15) is 9.90 Å². The third-order valence-electron chi connectivity index (χ3n) is 4.08. The Hall–Kier alpha value is -2.61. The number of carboxylic acids is 1. The zero-order valence-corrected chi connectivity index (χ0v) is 12.7. The molecule has 1 atom stereocenters. The SMILES string of the molecule is C/C(=C\C(C)c1ccc2cc3ccccc3cc2c1)C(=O)[O-]. The van der Waals surface area contributed by atoms with Crippen molar-refractivity contribution in [3.8, 4) is 0 Å². The van der Waals surface area contributed by atoms with Gasteiger partial charge in [-0.15, -0.1) is 0 Å². The number of carbonyl (C=O) groups is 1. The summed E-state index contributed by atoms with van der Waals surface area (Å²) < 4.78 is 0. The van der Waals surface area contributed by atoms with Crippen LogP contribution in [0.25, 0.3) is 21.5 Å². The fourth-order valence-corrected chi connectivity index (χ4v) is 2.78. The number of carbonyl (C=O) groups excluding carboxylic acids is 1. The molecule has 2 nitrogen and oxygen atoms in total. The lowest BCUT2D eigenvalue weighted by atomic mass is 9.95. The number of fused-ring (bicyclic) bond motifs is 2. The van der Waals surface area contributed by atoms with E-state index in [-0.39, 0.29) is 11.5 Å². The van der Waals surface area contributed by atoms with E-state index in [0.29, 0.717) is 0 Å². The second-order valence-electron chi connectivity index (χ2n) is 5.73. The summed E-state index contributed by atoms with van der Waals surface area (Å²) in [5.41, 5.74) is 1.37. The molecule has 0 saturated heterocycles. The van der Waals surface area contributed by atoms with E-state index >= 15 is 0 Å². The summed E-state index contributed by atoms with van der Waals surface area (Å²) in [4.78, 5) is 10.8. The summed E-state index contributed by atoms with van der Waals surface area (Å²) in [7, 11) is 0. The monoisotopic (exact) mass is 289 g/mol. The van der Waals surface area contributed by atoms with Gasteiger partial charge in [-0.2, -0.15) is 0 Å². The Balaban J connectivity index is 2.07. The lowest BCUT2D eigenvalue weighted by Crippen LogP contribution is -2.23. The highest BCUT2D eigenvalue weighted by Crippen LogP contribution is 2.27. The van der Waals surface area contributed by atoms with Crippen molar-refractivity contribution in [2.45, 2.75) is 19.8 Å². The molecule has 22 heavy (non-hydrogen) atoms. The van der Waals surface area contributed by atoms with Crippen molar-refractivity contribution in [2.75, 3.05) is 0 Å². The summed E-state index contributed by atoms with van der Waals surface area (Å²) in [6, 6.07) is 18.9. The van der Waals surface area contributed by atoms with Gasteiger partial charge in [0, 0.05) is 0 Å². The first-order chi connectivity index (χ1) is 10.5. The maximum Gasteiger partial charge on any atom is 0.0669 e. The van der Waals surface area contributed by atoms with E-state index in [0.717, 1.165) is 5.56 Å². The molecule has 0 spiro atoms. The third kappa shape index (κ3) is 2.73. The largest absolute Gasteiger partial charge is 0.545 e. The molecule has 0 aliphatic rings. The van der Waals surface area contributed by atoms with E-state index in [2.05, 4.69) is 42.5 Å². The van der Waals surface area contributed by atoms with Crippen LogP contribution in [0.2, 0.25) is 0 Å². The lowest BCUT2D eigenvalue weighted by molar-refractivity contribution is -0.299. The molecular weight excluding hydrogens is 272 g/mol. The number of carboxylic acid groups (broad SMARTS) is 1. The number of allylic oxidation sites excluding steroid dienone is 1. The molecule has 0 fully saturated rings. The molecule has 3 aromatic rings. The van der Waals surface area contributed by atoms with Crippen molar-refractivity contribution in [3.05, 3.63) is 71.8 Å². The standard InChI is InChI=1S/C20H18O2/c1-13(9-14(2)20(21)22)15-7-8-18-11-16-5-3-4-6-17(16)12-19(18)10-15/h3-13H,1-2H3,(H,21,22)/p-1/b14-9+. The molecule has 0 N–H and O–H groups in total. The molecule has 0 aliphatic heterocycles. The van der Waals surface area contributed by atoms with Crippen molar-refractivity contribution in [2.24, 2.45) is 0 Å². The third-order valence-corrected chi connectivity index (χ3v) is 4.08. The van der Waals surface area contributed by atoms with E-state index in [4.69, 9.17) is 0 Å². The molecule has 3 rings (SSSR count). The van der Waals surface area contributed by atoms with Crippen LogP contribution in [-0.4, -0.2) is 5.97 Å². The summed E-state index contributed by atoms with van der Waals surface area (Å²) >= 11 is 0.